The summed E-state index contributed by atoms with van der Waals surface area (Å²) in [6.45, 7) is 2.33. The summed E-state index contributed by atoms with van der Waals surface area (Å²) in [5.41, 5.74) is 3.22. The molecule has 158 valence electrons. The van der Waals surface area contributed by atoms with Gasteiger partial charge in [0.1, 0.15) is 6.17 Å². The molecule has 3 unspecified atom stereocenters. The maximum absolute atomic E-state index is 14.4. The highest BCUT2D eigenvalue weighted by Gasteiger charge is 2.29. The summed E-state index contributed by atoms with van der Waals surface area (Å²) in [5.74, 6) is -1.07. The van der Waals surface area contributed by atoms with Crippen molar-refractivity contribution in [1.29, 1.82) is 0 Å². The van der Waals surface area contributed by atoms with Crippen molar-refractivity contribution < 1.29 is 14.3 Å². The average molecular weight is 410 g/mol. The summed E-state index contributed by atoms with van der Waals surface area (Å²) in [7, 11) is 0. The minimum atomic E-state index is -0.990. The molecule has 5 nitrogen and oxygen atoms in total. The first kappa shape index (κ1) is 20.4. The van der Waals surface area contributed by atoms with E-state index in [4.69, 9.17) is 0 Å². The third-order valence-electron chi connectivity index (χ3n) is 6.17. The number of aromatic nitrogens is 2. The lowest BCUT2D eigenvalue weighted by atomic mass is 9.79. The van der Waals surface area contributed by atoms with Gasteiger partial charge in [0.15, 0.2) is 0 Å². The lowest BCUT2D eigenvalue weighted by Gasteiger charge is -2.28. The van der Waals surface area contributed by atoms with Crippen molar-refractivity contribution in [2.75, 3.05) is 0 Å². The number of fused-ring (bicyclic) bond motifs is 2. The lowest BCUT2D eigenvalue weighted by molar-refractivity contribution is -0.137. The zero-order valence-corrected chi connectivity index (χ0v) is 17.1. The van der Waals surface area contributed by atoms with Crippen LogP contribution < -0.4 is 5.69 Å². The van der Waals surface area contributed by atoms with E-state index in [1.807, 2.05) is 37.3 Å². The van der Waals surface area contributed by atoms with Gasteiger partial charge in [-0.05, 0) is 48.6 Å². The monoisotopic (exact) mass is 410 g/mol. The standard InChI is InChI=1S/C24H27FN2O3/c1-2-7-17(14-23(28)29)27-22-11-6-5-10-21(22)26(24(27)30)15-16-12-13-20(25)19-9-4-3-8-18(16)19/h3,5-6,8,10-13,17,19-20H,2,4,7,9,14-15H2,1H3,(H,28,29). The highest BCUT2D eigenvalue weighted by atomic mass is 19.1. The summed E-state index contributed by atoms with van der Waals surface area (Å²) >= 11 is 0. The van der Waals surface area contributed by atoms with Crippen molar-refractivity contribution in [3.63, 3.8) is 0 Å². The van der Waals surface area contributed by atoms with Crippen molar-refractivity contribution in [2.45, 2.75) is 57.8 Å². The van der Waals surface area contributed by atoms with Crippen LogP contribution in [-0.2, 0) is 11.3 Å². The molecular weight excluding hydrogens is 383 g/mol. The number of alkyl halides is 1. The second-order valence-electron chi connectivity index (χ2n) is 8.14. The van der Waals surface area contributed by atoms with Crippen LogP contribution in [0.1, 0.15) is 45.1 Å². The van der Waals surface area contributed by atoms with Gasteiger partial charge in [-0.15, -0.1) is 0 Å². The fourth-order valence-electron chi connectivity index (χ4n) is 4.79. The Kier molecular flexibility index (Phi) is 5.75. The van der Waals surface area contributed by atoms with Crippen LogP contribution in [-0.4, -0.2) is 26.4 Å². The minimum absolute atomic E-state index is 0.0933. The first-order valence-electron chi connectivity index (χ1n) is 10.6. The van der Waals surface area contributed by atoms with Crippen LogP contribution in [0.4, 0.5) is 4.39 Å². The number of hydrogen-bond donors (Lipinski definition) is 1. The number of hydrogen-bond acceptors (Lipinski definition) is 2. The van der Waals surface area contributed by atoms with Gasteiger partial charge < -0.3 is 5.11 Å². The summed E-state index contributed by atoms with van der Waals surface area (Å²) in [6, 6.07) is 7.10. The molecule has 2 aliphatic rings. The van der Waals surface area contributed by atoms with Gasteiger partial charge in [-0.3, -0.25) is 13.9 Å². The molecule has 0 bridgehead atoms. The summed E-state index contributed by atoms with van der Waals surface area (Å²) in [4.78, 5) is 24.9. The SMILES string of the molecule is CCCC(CC(=O)O)n1c(=O)n(CC2=C3C=CCCC3C(F)C=C2)c2ccccc21. The predicted octanol–water partition coefficient (Wildman–Crippen LogP) is 4.79. The molecule has 0 radical (unpaired) electrons. The van der Waals surface area contributed by atoms with Crippen LogP contribution in [0.25, 0.3) is 11.0 Å². The number of rotatable bonds is 7. The predicted molar refractivity (Wildman–Crippen MR) is 115 cm³/mol. The molecule has 0 saturated carbocycles. The van der Waals surface area contributed by atoms with Gasteiger partial charge in [0.05, 0.1) is 24.0 Å². The van der Waals surface area contributed by atoms with E-state index in [0.29, 0.717) is 13.0 Å². The number of allylic oxidation sites excluding steroid dienone is 6. The first-order chi connectivity index (χ1) is 14.5. The van der Waals surface area contributed by atoms with Crippen LogP contribution in [0.2, 0.25) is 0 Å². The van der Waals surface area contributed by atoms with Gasteiger partial charge in [-0.1, -0.05) is 43.7 Å². The molecule has 6 heteroatoms. The fourth-order valence-corrected chi connectivity index (χ4v) is 4.79. The quantitative estimate of drug-likeness (QED) is 0.714. The Labute approximate surface area is 174 Å². The first-order valence-corrected chi connectivity index (χ1v) is 10.6. The van der Waals surface area contributed by atoms with Crippen molar-refractivity contribution in [3.05, 3.63) is 70.2 Å². The number of imidazole rings is 1. The number of aliphatic carboxylic acids is 1. The number of carboxylic acids is 1. The largest absolute Gasteiger partial charge is 0.481 e. The molecule has 1 aromatic heterocycles. The molecule has 0 amide bonds. The molecule has 1 heterocycles. The zero-order valence-electron chi connectivity index (χ0n) is 17.1. The maximum atomic E-state index is 14.4. The number of carbonyl (C=O) groups is 1. The number of nitrogens with zero attached hydrogens (tertiary/aromatic N) is 2. The van der Waals surface area contributed by atoms with Crippen LogP contribution in [0.5, 0.6) is 0 Å². The molecule has 0 spiro atoms. The third kappa shape index (κ3) is 3.66. The number of halogens is 1. The molecule has 30 heavy (non-hydrogen) atoms. The molecule has 1 aromatic carbocycles. The third-order valence-corrected chi connectivity index (χ3v) is 6.17. The Bertz CT molecular complexity index is 1110. The van der Waals surface area contributed by atoms with Gasteiger partial charge in [0, 0.05) is 12.0 Å². The van der Waals surface area contributed by atoms with Crippen LogP contribution in [0.15, 0.2) is 64.5 Å². The van der Waals surface area contributed by atoms with Crippen LogP contribution in [0, 0.1) is 5.92 Å². The molecule has 1 N–H and O–H groups in total. The van der Waals surface area contributed by atoms with E-state index >= 15 is 0 Å². The Morgan fingerprint density at radius 2 is 2.03 bits per heavy atom. The molecule has 0 saturated heterocycles. The van der Waals surface area contributed by atoms with Gasteiger partial charge in [-0.25, -0.2) is 9.18 Å². The summed E-state index contributed by atoms with van der Waals surface area (Å²) in [5, 5.41) is 9.37. The molecule has 2 aromatic rings. The molecule has 3 atom stereocenters. The van der Waals surface area contributed by atoms with E-state index in [1.54, 1.807) is 21.3 Å². The second kappa shape index (κ2) is 8.46. The molecular formula is C24H27FN2O3. The molecule has 0 aliphatic heterocycles. The van der Waals surface area contributed by atoms with Crippen molar-refractivity contribution in [2.24, 2.45) is 5.92 Å². The van der Waals surface area contributed by atoms with E-state index in [9.17, 15) is 19.1 Å². The van der Waals surface area contributed by atoms with Crippen molar-refractivity contribution in [1.82, 2.24) is 9.13 Å². The Balaban J connectivity index is 1.83. The highest BCUT2D eigenvalue weighted by Crippen LogP contribution is 2.36. The fraction of sp³-hybridized carbons (Fsp3) is 0.417. The van der Waals surface area contributed by atoms with Crippen LogP contribution in [0.3, 0.4) is 0 Å². The van der Waals surface area contributed by atoms with E-state index in [-0.39, 0.29) is 18.0 Å². The van der Waals surface area contributed by atoms with Gasteiger partial charge in [0.25, 0.3) is 0 Å². The minimum Gasteiger partial charge on any atom is -0.481 e. The summed E-state index contributed by atoms with van der Waals surface area (Å²) < 4.78 is 17.7. The van der Waals surface area contributed by atoms with Gasteiger partial charge in [0.2, 0.25) is 0 Å². The maximum Gasteiger partial charge on any atom is 0.329 e. The van der Waals surface area contributed by atoms with Gasteiger partial charge in [-0.2, -0.15) is 0 Å². The zero-order chi connectivity index (χ0) is 21.3. The molecule has 0 fully saturated rings. The van der Waals surface area contributed by atoms with Crippen molar-refractivity contribution in [3.8, 4) is 0 Å². The Morgan fingerprint density at radius 3 is 2.77 bits per heavy atom. The lowest BCUT2D eigenvalue weighted by Crippen LogP contribution is -2.30. The van der Waals surface area contributed by atoms with Crippen molar-refractivity contribution >= 4 is 17.0 Å². The number of para-hydroxylation sites is 2. The molecule has 4 rings (SSSR count). The van der Waals surface area contributed by atoms with E-state index in [2.05, 4.69) is 6.08 Å². The molecule has 2 aliphatic carbocycles. The smallest absolute Gasteiger partial charge is 0.329 e. The van der Waals surface area contributed by atoms with Gasteiger partial charge >= 0.3 is 11.7 Å². The second-order valence-corrected chi connectivity index (χ2v) is 8.14. The highest BCUT2D eigenvalue weighted by molar-refractivity contribution is 5.77. The number of benzene rings is 1. The average Bonchev–Trinajstić information content (AvgIpc) is 3.01. The Morgan fingerprint density at radius 1 is 1.27 bits per heavy atom. The van der Waals surface area contributed by atoms with E-state index in [0.717, 1.165) is 41.4 Å². The van der Waals surface area contributed by atoms with E-state index in [1.165, 1.54) is 0 Å². The van der Waals surface area contributed by atoms with Crippen LogP contribution >= 0.6 is 0 Å². The Hall–Kier alpha value is -2.89. The topological polar surface area (TPSA) is 64.2 Å². The summed E-state index contributed by atoms with van der Waals surface area (Å²) in [6.07, 6.45) is 9.40. The van der Waals surface area contributed by atoms with E-state index < -0.39 is 18.2 Å². The number of carboxylic acid groups (broad SMARTS) is 1. The normalized spacial score (nSPS) is 21.8.